The zero-order valence-electron chi connectivity index (χ0n) is 21.3. The van der Waals surface area contributed by atoms with E-state index in [0.29, 0.717) is 19.6 Å². The SMILES string of the molecule is O=C(O)CCCSC(/C=C\Cc1cccc(OCCCOc2ccccc2)c1)Cc1ccc(C(=O)O)cc1. The summed E-state index contributed by atoms with van der Waals surface area (Å²) in [7, 11) is 0. The van der Waals surface area contributed by atoms with Crippen LogP contribution in [0.2, 0.25) is 0 Å². The van der Waals surface area contributed by atoms with Crippen LogP contribution in [0.5, 0.6) is 11.5 Å². The first kappa shape index (κ1) is 28.9. The van der Waals surface area contributed by atoms with Crippen LogP contribution in [0.1, 0.15) is 40.7 Å². The van der Waals surface area contributed by atoms with Gasteiger partial charge in [0.2, 0.25) is 0 Å². The third-order valence-electron chi connectivity index (χ3n) is 5.68. The Hall–Kier alpha value is -3.71. The van der Waals surface area contributed by atoms with Gasteiger partial charge in [0.25, 0.3) is 0 Å². The van der Waals surface area contributed by atoms with Gasteiger partial charge in [0.15, 0.2) is 0 Å². The number of hydrogen-bond donors (Lipinski definition) is 2. The Bertz CT molecular complexity index is 1160. The standard InChI is InChI=1S/C31H34O6S/c32-30(33)14-6-21-38-29(23-25-15-17-26(18-16-25)31(34)35)13-5-9-24-8-4-12-28(22-24)37-20-7-19-36-27-10-2-1-3-11-27/h1-5,8,10-13,15-18,22,29H,6-7,9,14,19-21,23H2,(H,32,33)(H,34,35)/b13-5-. The lowest BCUT2D eigenvalue weighted by Gasteiger charge is -2.13. The van der Waals surface area contributed by atoms with E-state index in [9.17, 15) is 9.59 Å². The van der Waals surface area contributed by atoms with Crippen molar-refractivity contribution in [2.75, 3.05) is 19.0 Å². The highest BCUT2D eigenvalue weighted by Crippen LogP contribution is 2.21. The number of hydrogen-bond acceptors (Lipinski definition) is 5. The van der Waals surface area contributed by atoms with Gasteiger partial charge in [0, 0.05) is 18.1 Å². The highest BCUT2D eigenvalue weighted by atomic mass is 32.2. The summed E-state index contributed by atoms with van der Waals surface area (Å²) in [4.78, 5) is 22.0. The minimum Gasteiger partial charge on any atom is -0.493 e. The van der Waals surface area contributed by atoms with Crippen LogP contribution in [0.4, 0.5) is 0 Å². The second kappa shape index (κ2) is 16.2. The van der Waals surface area contributed by atoms with Gasteiger partial charge in [-0.25, -0.2) is 4.79 Å². The summed E-state index contributed by atoms with van der Waals surface area (Å²) in [5, 5.41) is 18.2. The maximum absolute atomic E-state index is 11.1. The Morgan fingerprint density at radius 2 is 1.53 bits per heavy atom. The number of carbonyl (C=O) groups is 2. The number of benzene rings is 3. The Kier molecular flexibility index (Phi) is 12.3. The van der Waals surface area contributed by atoms with Crippen molar-refractivity contribution in [3.05, 3.63) is 108 Å². The molecule has 0 aliphatic rings. The highest BCUT2D eigenvalue weighted by molar-refractivity contribution is 8.00. The normalized spacial score (nSPS) is 11.8. The molecule has 3 aromatic rings. The summed E-state index contributed by atoms with van der Waals surface area (Å²) in [6, 6.07) is 24.7. The van der Waals surface area contributed by atoms with Gasteiger partial charge in [-0.05, 0) is 72.5 Å². The third kappa shape index (κ3) is 11.1. The van der Waals surface area contributed by atoms with Crippen LogP contribution in [0.3, 0.4) is 0 Å². The smallest absolute Gasteiger partial charge is 0.335 e. The van der Waals surface area contributed by atoms with Gasteiger partial charge < -0.3 is 19.7 Å². The number of thioether (sulfide) groups is 1. The molecule has 1 atom stereocenters. The lowest BCUT2D eigenvalue weighted by atomic mass is 10.1. The fourth-order valence-electron chi connectivity index (χ4n) is 3.73. The predicted octanol–water partition coefficient (Wildman–Crippen LogP) is 6.54. The monoisotopic (exact) mass is 534 g/mol. The molecule has 0 aliphatic carbocycles. The molecule has 0 spiro atoms. The van der Waals surface area contributed by atoms with E-state index >= 15 is 0 Å². The molecule has 0 radical (unpaired) electrons. The molecular formula is C31H34O6S. The number of carboxylic acid groups (broad SMARTS) is 2. The van der Waals surface area contributed by atoms with E-state index < -0.39 is 11.9 Å². The highest BCUT2D eigenvalue weighted by Gasteiger charge is 2.09. The first-order valence-corrected chi connectivity index (χ1v) is 13.8. The van der Waals surface area contributed by atoms with E-state index in [0.717, 1.165) is 47.6 Å². The maximum Gasteiger partial charge on any atom is 0.335 e. The third-order valence-corrected chi connectivity index (χ3v) is 6.95. The van der Waals surface area contributed by atoms with Gasteiger partial charge in [-0.1, -0.05) is 54.6 Å². The molecular weight excluding hydrogens is 500 g/mol. The van der Waals surface area contributed by atoms with Gasteiger partial charge in [0.1, 0.15) is 11.5 Å². The van der Waals surface area contributed by atoms with E-state index in [4.69, 9.17) is 19.7 Å². The first-order chi connectivity index (χ1) is 18.5. The minimum absolute atomic E-state index is 0.155. The topological polar surface area (TPSA) is 93.1 Å². The maximum atomic E-state index is 11.1. The molecule has 3 aromatic carbocycles. The van der Waals surface area contributed by atoms with Crippen molar-refractivity contribution in [3.63, 3.8) is 0 Å². The molecule has 0 saturated heterocycles. The van der Waals surface area contributed by atoms with E-state index in [1.54, 1.807) is 23.9 Å². The van der Waals surface area contributed by atoms with Gasteiger partial charge in [-0.2, -0.15) is 11.8 Å². The van der Waals surface area contributed by atoms with Crippen LogP contribution in [0.15, 0.2) is 91.0 Å². The van der Waals surface area contributed by atoms with Gasteiger partial charge in [0.05, 0.1) is 18.8 Å². The van der Waals surface area contributed by atoms with Crippen LogP contribution in [-0.4, -0.2) is 46.4 Å². The van der Waals surface area contributed by atoms with E-state index in [1.807, 2.05) is 60.7 Å². The molecule has 0 fully saturated rings. The number of aliphatic carboxylic acids is 1. The number of allylic oxidation sites excluding steroid dienone is 1. The van der Waals surface area contributed by atoms with Crippen molar-refractivity contribution < 1.29 is 29.3 Å². The molecule has 38 heavy (non-hydrogen) atoms. The summed E-state index contributed by atoms with van der Waals surface area (Å²) in [5.74, 6) is 0.701. The molecule has 0 heterocycles. The predicted molar refractivity (Wildman–Crippen MR) is 152 cm³/mol. The van der Waals surface area contributed by atoms with E-state index in [-0.39, 0.29) is 17.2 Å². The number of rotatable bonds is 17. The summed E-state index contributed by atoms with van der Waals surface area (Å²) in [5.41, 5.74) is 2.45. The van der Waals surface area contributed by atoms with Gasteiger partial charge >= 0.3 is 11.9 Å². The number of aromatic carboxylic acids is 1. The number of para-hydroxylation sites is 1. The molecule has 3 rings (SSSR count). The molecule has 6 nitrogen and oxygen atoms in total. The van der Waals surface area contributed by atoms with Crippen LogP contribution in [0, 0.1) is 0 Å². The molecule has 2 N–H and O–H groups in total. The molecule has 0 bridgehead atoms. The molecule has 0 aromatic heterocycles. The fourth-order valence-corrected chi connectivity index (χ4v) is 4.88. The van der Waals surface area contributed by atoms with Crippen molar-refractivity contribution in [2.24, 2.45) is 0 Å². The lowest BCUT2D eigenvalue weighted by Crippen LogP contribution is -2.06. The molecule has 0 aliphatic heterocycles. The molecule has 0 saturated carbocycles. The summed E-state index contributed by atoms with van der Waals surface area (Å²) >= 11 is 1.72. The molecule has 1 unspecified atom stereocenters. The van der Waals surface area contributed by atoms with E-state index in [1.165, 1.54) is 0 Å². The van der Waals surface area contributed by atoms with Crippen LogP contribution in [0.25, 0.3) is 0 Å². The van der Waals surface area contributed by atoms with Gasteiger partial charge in [-0.15, -0.1) is 0 Å². The van der Waals surface area contributed by atoms with Crippen molar-refractivity contribution in [1.29, 1.82) is 0 Å². The fraction of sp³-hybridized carbons (Fsp3) is 0.290. The second-order valence-electron chi connectivity index (χ2n) is 8.76. The molecule has 0 amide bonds. The largest absolute Gasteiger partial charge is 0.493 e. The minimum atomic E-state index is -0.942. The average Bonchev–Trinajstić information content (AvgIpc) is 2.92. The Labute approximate surface area is 228 Å². The summed E-state index contributed by atoms with van der Waals surface area (Å²) in [6.07, 6.45) is 7.33. The first-order valence-electron chi connectivity index (χ1n) is 12.7. The zero-order valence-corrected chi connectivity index (χ0v) is 22.1. The van der Waals surface area contributed by atoms with Crippen LogP contribution < -0.4 is 9.47 Å². The Morgan fingerprint density at radius 3 is 2.24 bits per heavy atom. The Balaban J connectivity index is 1.49. The van der Waals surface area contributed by atoms with Crippen LogP contribution in [-0.2, 0) is 17.6 Å². The molecule has 200 valence electrons. The van der Waals surface area contributed by atoms with Crippen molar-refractivity contribution in [3.8, 4) is 11.5 Å². The van der Waals surface area contributed by atoms with Crippen LogP contribution >= 0.6 is 11.8 Å². The van der Waals surface area contributed by atoms with Crippen molar-refractivity contribution in [2.45, 2.75) is 37.4 Å². The number of ether oxygens (including phenoxy) is 2. The number of carboxylic acids is 2. The van der Waals surface area contributed by atoms with Gasteiger partial charge in [-0.3, -0.25) is 4.79 Å². The zero-order chi connectivity index (χ0) is 27.0. The lowest BCUT2D eigenvalue weighted by molar-refractivity contribution is -0.137. The van der Waals surface area contributed by atoms with E-state index in [2.05, 4.69) is 18.2 Å². The quantitative estimate of drug-likeness (QED) is 0.150. The molecule has 7 heteroatoms. The summed E-state index contributed by atoms with van der Waals surface area (Å²) < 4.78 is 11.6. The average molecular weight is 535 g/mol. The van der Waals surface area contributed by atoms with Crippen molar-refractivity contribution >= 4 is 23.7 Å². The van der Waals surface area contributed by atoms with Crippen molar-refractivity contribution in [1.82, 2.24) is 0 Å². The Morgan fingerprint density at radius 1 is 0.816 bits per heavy atom. The second-order valence-corrected chi connectivity index (χ2v) is 10.1. The summed E-state index contributed by atoms with van der Waals surface area (Å²) in [6.45, 7) is 1.17.